The molecule has 1 aliphatic heterocycles. The first-order chi connectivity index (χ1) is 15.6. The summed E-state index contributed by atoms with van der Waals surface area (Å²) >= 11 is 0. The van der Waals surface area contributed by atoms with Crippen molar-refractivity contribution in [1.82, 2.24) is 4.31 Å². The quantitative estimate of drug-likeness (QED) is 0.372. The molecular weight excluding hydrogens is 610 g/mol. The van der Waals surface area contributed by atoms with Crippen LogP contribution in [-0.2, 0) is 45.0 Å². The van der Waals surface area contributed by atoms with E-state index >= 15 is 0 Å². The van der Waals surface area contributed by atoms with Crippen LogP contribution in [0.1, 0.15) is 23.6 Å². The first kappa shape index (κ1) is 33.0. The largest absolute Gasteiger partial charge is 2.00 e. The predicted octanol–water partition coefficient (Wildman–Crippen LogP) is 4.35. The van der Waals surface area contributed by atoms with Crippen LogP contribution in [0, 0.1) is 65.1 Å². The Morgan fingerprint density at radius 2 is 1.27 bits per heavy atom. The Morgan fingerprint density at radius 3 is 1.73 bits per heavy atom. The number of hydrogen-bond acceptors (Lipinski definition) is 2. The Balaban J connectivity index is 0. The van der Waals surface area contributed by atoms with Gasteiger partial charge in [-0.25, -0.2) is 8.42 Å². The van der Waals surface area contributed by atoms with E-state index in [1.807, 2.05) is 81.5 Å². The van der Waals surface area contributed by atoms with E-state index in [1.165, 1.54) is 4.31 Å². The van der Waals surface area contributed by atoms with Gasteiger partial charge in [-0.3, -0.25) is 0 Å². The maximum Gasteiger partial charge on any atom is 2.00 e. The summed E-state index contributed by atoms with van der Waals surface area (Å²) in [5.41, 5.74) is 2.02. The number of rotatable bonds is 3. The van der Waals surface area contributed by atoms with Crippen molar-refractivity contribution >= 4 is 10.0 Å². The van der Waals surface area contributed by atoms with E-state index in [-0.39, 0.29) is 27.1 Å². The van der Waals surface area contributed by atoms with Crippen molar-refractivity contribution in [2.75, 3.05) is 0 Å². The summed E-state index contributed by atoms with van der Waals surface area (Å²) in [6.07, 6.45) is 15.2. The summed E-state index contributed by atoms with van der Waals surface area (Å²) in [6, 6.07) is 16.4. The molecule has 0 aromatic heterocycles. The van der Waals surface area contributed by atoms with Gasteiger partial charge in [-0.15, -0.1) is 0 Å². The molecule has 4 rings (SSSR count). The monoisotopic (exact) mass is 631 g/mol. The summed E-state index contributed by atoms with van der Waals surface area (Å²) in [4.78, 5) is 0.314. The van der Waals surface area contributed by atoms with E-state index in [4.69, 9.17) is 14.0 Å². The second kappa shape index (κ2) is 19.3. The first-order valence-electron chi connectivity index (χ1n) is 9.09. The molecule has 0 saturated heterocycles. The van der Waals surface area contributed by atoms with Gasteiger partial charge in [-0.05, 0) is 56.7 Å². The minimum Gasteiger partial charge on any atom is -0.0312 e. The van der Waals surface area contributed by atoms with Crippen LogP contribution in [0.2, 0.25) is 0 Å². The van der Waals surface area contributed by atoms with E-state index in [9.17, 15) is 8.42 Å². The molecule has 1 heterocycles. The normalized spacial score (nSPS) is 15.4. The molecule has 2 aliphatic rings. The Labute approximate surface area is 211 Å². The number of benzene rings is 2. The van der Waals surface area contributed by atoms with E-state index in [0.29, 0.717) is 11.3 Å². The molecule has 8 heteroatoms. The van der Waals surface area contributed by atoms with Crippen molar-refractivity contribution in [2.45, 2.75) is 24.3 Å². The van der Waals surface area contributed by atoms with Crippen LogP contribution in [0.5, 0.6) is 0 Å². The van der Waals surface area contributed by atoms with Crippen LogP contribution < -0.4 is 0 Å². The summed E-state index contributed by atoms with van der Waals surface area (Å²) in [5, 5.41) is 0. The van der Waals surface area contributed by atoms with Gasteiger partial charge in [0.15, 0.2) is 0 Å². The number of aryl methyl sites for hydroxylation is 1. The van der Waals surface area contributed by atoms with E-state index < -0.39 is 10.0 Å². The molecule has 0 bridgehead atoms. The van der Waals surface area contributed by atoms with Crippen LogP contribution in [-0.4, -0.2) is 12.7 Å². The summed E-state index contributed by atoms with van der Waals surface area (Å²) in [6.45, 7) is 15.4. The molecule has 1 saturated carbocycles. The molecule has 0 spiro atoms. The molecule has 1 fully saturated rings. The number of sulfonamides is 1. The van der Waals surface area contributed by atoms with Gasteiger partial charge < -0.3 is 10.4 Å². The number of nitrogens with zero attached hydrogens (tertiary/aromatic N) is 1. The fourth-order valence-electron chi connectivity index (χ4n) is 2.76. The molecule has 0 amide bonds. The summed E-state index contributed by atoms with van der Waals surface area (Å²) < 4.78 is 49.5. The van der Waals surface area contributed by atoms with Crippen LogP contribution in [0.25, 0.3) is 0 Å². The van der Waals surface area contributed by atoms with E-state index in [0.717, 1.165) is 11.1 Å². The first-order valence-corrected chi connectivity index (χ1v) is 10.5. The van der Waals surface area contributed by atoms with Gasteiger partial charge in [0, 0.05) is 6.04 Å². The average Bonchev–Trinajstić information content (AvgIpc) is 3.60. The van der Waals surface area contributed by atoms with Gasteiger partial charge in [-0.2, -0.15) is 12.6 Å². The summed E-state index contributed by atoms with van der Waals surface area (Å²) in [5.74, 6) is 0. The van der Waals surface area contributed by atoms with Crippen LogP contribution in [0.15, 0.2) is 65.7 Å². The molecule has 0 N–H and O–H groups in total. The molecule has 33 heavy (non-hydrogen) atoms. The van der Waals surface area contributed by atoms with Crippen molar-refractivity contribution < 1.29 is 43.4 Å². The van der Waals surface area contributed by atoms with Gasteiger partial charge >= 0.3 is 55.0 Å². The van der Waals surface area contributed by atoms with Crippen LogP contribution in [0.4, 0.5) is 0 Å². The van der Waals surface area contributed by atoms with Crippen molar-refractivity contribution in [3.63, 3.8) is 0 Å². The van der Waals surface area contributed by atoms with Gasteiger partial charge in [0.2, 0.25) is 0 Å². The molecular formula is C25H21NO5SW+. The van der Waals surface area contributed by atoms with Gasteiger partial charge in [-0.1, -0.05) is 48.0 Å². The predicted molar refractivity (Wildman–Crippen MR) is 115 cm³/mol. The molecule has 5 radical (unpaired) electrons. The fraction of sp³-hybridized carbons (Fsp3) is 0.120. The number of hydrogen-bond donors (Lipinski definition) is 0. The third kappa shape index (κ3) is 10.5. The SMILES string of the molecule is Cc1ccc(S(=O)(=O)N2C=[C-]CC2c2ccccc2)cc1.[C-]#[O+].[C-]#[O+].[C-]#[O+].[CH]1[CH][CH][CH][CH]1.[W+2]. The zero-order valence-electron chi connectivity index (χ0n) is 17.7. The Kier molecular flexibility index (Phi) is 19.3. The second-order valence-electron chi connectivity index (χ2n) is 6.07. The second-order valence-corrected chi connectivity index (χ2v) is 7.92. The minimum absolute atomic E-state index is 0. The molecule has 167 valence electrons. The van der Waals surface area contributed by atoms with Crippen molar-refractivity contribution in [1.29, 1.82) is 0 Å². The maximum atomic E-state index is 12.8. The maximum absolute atomic E-state index is 12.8. The molecule has 6 nitrogen and oxygen atoms in total. The molecule has 2 aromatic rings. The van der Waals surface area contributed by atoms with E-state index in [1.54, 1.807) is 18.3 Å². The standard InChI is InChI=1S/C17H16NO2S.C5H5.3CO.W/c1-14-9-11-16(12-10-14)21(19,20)18-13-5-8-17(18)15-6-3-2-4-7-15;1-2-4-5-3-1;3*1-2;/h2-4,6-7,9-13,17H,8H2,1H3;1-5H;;;;/q-1;;;;;+2. The molecule has 1 atom stereocenters. The molecule has 1 unspecified atom stereocenters. The van der Waals surface area contributed by atoms with Crippen LogP contribution >= 0.6 is 0 Å². The van der Waals surface area contributed by atoms with Gasteiger partial charge in [0.25, 0.3) is 10.0 Å². The Morgan fingerprint density at radius 1 is 0.818 bits per heavy atom. The van der Waals surface area contributed by atoms with E-state index in [2.05, 4.69) is 26.0 Å². The smallest absolute Gasteiger partial charge is 0.0312 e. The minimum atomic E-state index is -3.54. The topological polar surface area (TPSA) is 97.1 Å². The van der Waals surface area contributed by atoms with Gasteiger partial charge in [0.05, 0.1) is 4.90 Å². The zero-order valence-corrected chi connectivity index (χ0v) is 21.5. The third-order valence-corrected chi connectivity index (χ3v) is 5.96. The van der Waals surface area contributed by atoms with Gasteiger partial charge in [0.1, 0.15) is 0 Å². The molecule has 1 aliphatic carbocycles. The van der Waals surface area contributed by atoms with Crippen LogP contribution in [0.3, 0.4) is 0 Å². The Bertz CT molecular complexity index is 941. The average molecular weight is 631 g/mol. The Hall–Kier alpha value is -2.16. The van der Waals surface area contributed by atoms with Crippen molar-refractivity contribution in [3.8, 4) is 0 Å². The third-order valence-electron chi connectivity index (χ3n) is 4.17. The van der Waals surface area contributed by atoms with Crippen molar-refractivity contribution in [3.05, 3.63) is 130 Å². The fourth-order valence-corrected chi connectivity index (χ4v) is 4.23. The summed E-state index contributed by atoms with van der Waals surface area (Å²) in [7, 11) is -3.54. The molecule has 2 aromatic carbocycles. The van der Waals surface area contributed by atoms with Crippen molar-refractivity contribution in [2.24, 2.45) is 0 Å². The zero-order chi connectivity index (χ0) is 24.4.